The highest BCUT2D eigenvalue weighted by molar-refractivity contribution is 6.29. The molecule has 0 spiro atoms. The van der Waals surface area contributed by atoms with Gasteiger partial charge >= 0.3 is 0 Å². The maximum Gasteiger partial charge on any atom is 0.223 e. The summed E-state index contributed by atoms with van der Waals surface area (Å²) in [4.78, 5) is 13.2. The third-order valence-electron chi connectivity index (χ3n) is 3.47. The molecule has 0 aliphatic rings. The number of benzene rings is 2. The van der Waals surface area contributed by atoms with E-state index in [9.17, 15) is 0 Å². The summed E-state index contributed by atoms with van der Waals surface area (Å²) in [6.45, 7) is 0. The molecule has 0 amide bonds. The van der Waals surface area contributed by atoms with Crippen molar-refractivity contribution in [2.24, 2.45) is 0 Å². The molecular formula is C17H10ClN3. The van der Waals surface area contributed by atoms with Crippen molar-refractivity contribution in [3.63, 3.8) is 0 Å². The number of aromatic nitrogens is 3. The van der Waals surface area contributed by atoms with Gasteiger partial charge in [-0.15, -0.1) is 0 Å². The van der Waals surface area contributed by atoms with Gasteiger partial charge in [0.05, 0.1) is 11.2 Å². The molecule has 2 aromatic carbocycles. The van der Waals surface area contributed by atoms with Crippen LogP contribution in [0.15, 0.2) is 60.8 Å². The second-order valence-electron chi connectivity index (χ2n) is 4.74. The standard InChI is InChI=1S/C17H10ClN3/c18-17-20-13-9-8-11-5-1-2-6-12(11)15(13)16(21-17)14-7-3-4-10-19-14/h1-10H. The summed E-state index contributed by atoms with van der Waals surface area (Å²) in [5, 5.41) is 3.47. The first-order chi connectivity index (χ1) is 10.3. The van der Waals surface area contributed by atoms with Gasteiger partial charge in [-0.3, -0.25) is 4.98 Å². The maximum absolute atomic E-state index is 6.07. The summed E-state index contributed by atoms with van der Waals surface area (Å²) in [6.07, 6.45) is 1.75. The lowest BCUT2D eigenvalue weighted by Crippen LogP contribution is -1.93. The molecule has 0 atom stereocenters. The van der Waals surface area contributed by atoms with Gasteiger partial charge in [-0.1, -0.05) is 36.4 Å². The molecule has 21 heavy (non-hydrogen) atoms. The van der Waals surface area contributed by atoms with Gasteiger partial charge in [0.1, 0.15) is 5.69 Å². The van der Waals surface area contributed by atoms with Crippen molar-refractivity contribution in [3.8, 4) is 11.4 Å². The average molecular weight is 292 g/mol. The van der Waals surface area contributed by atoms with Crippen LogP contribution in [0.5, 0.6) is 0 Å². The lowest BCUT2D eigenvalue weighted by Gasteiger charge is -2.08. The number of pyridine rings is 1. The van der Waals surface area contributed by atoms with Gasteiger partial charge in [0.2, 0.25) is 5.28 Å². The van der Waals surface area contributed by atoms with Crippen molar-refractivity contribution < 1.29 is 0 Å². The first kappa shape index (κ1) is 12.2. The molecule has 0 aliphatic heterocycles. The van der Waals surface area contributed by atoms with E-state index in [0.717, 1.165) is 33.1 Å². The highest BCUT2D eigenvalue weighted by Gasteiger charge is 2.12. The fourth-order valence-corrected chi connectivity index (χ4v) is 2.74. The van der Waals surface area contributed by atoms with Crippen LogP contribution >= 0.6 is 11.6 Å². The minimum atomic E-state index is 0.235. The van der Waals surface area contributed by atoms with Crippen molar-refractivity contribution in [1.29, 1.82) is 0 Å². The Bertz CT molecular complexity index is 952. The van der Waals surface area contributed by atoms with Gasteiger partial charge < -0.3 is 0 Å². The highest BCUT2D eigenvalue weighted by atomic mass is 35.5. The van der Waals surface area contributed by atoms with E-state index in [4.69, 9.17) is 11.6 Å². The van der Waals surface area contributed by atoms with Gasteiger partial charge in [0, 0.05) is 11.6 Å². The van der Waals surface area contributed by atoms with Crippen LogP contribution in [0.1, 0.15) is 0 Å². The Morgan fingerprint density at radius 2 is 1.67 bits per heavy atom. The molecule has 100 valence electrons. The van der Waals surface area contributed by atoms with Gasteiger partial charge in [0.15, 0.2) is 0 Å². The van der Waals surface area contributed by atoms with E-state index < -0.39 is 0 Å². The van der Waals surface area contributed by atoms with Crippen LogP contribution in [0.3, 0.4) is 0 Å². The molecule has 0 unspecified atom stereocenters. The van der Waals surface area contributed by atoms with E-state index in [1.807, 2.05) is 42.5 Å². The van der Waals surface area contributed by atoms with Crippen molar-refractivity contribution in [2.75, 3.05) is 0 Å². The Kier molecular flexibility index (Phi) is 2.79. The Balaban J connectivity index is 2.21. The third-order valence-corrected chi connectivity index (χ3v) is 3.64. The molecule has 0 saturated carbocycles. The SMILES string of the molecule is Clc1nc(-c2ccccn2)c2c(ccc3ccccc32)n1. The van der Waals surface area contributed by atoms with E-state index in [1.54, 1.807) is 6.20 Å². The monoisotopic (exact) mass is 291 g/mol. The average Bonchev–Trinajstić information content (AvgIpc) is 2.54. The Labute approximate surface area is 126 Å². The predicted molar refractivity (Wildman–Crippen MR) is 85.3 cm³/mol. The maximum atomic E-state index is 6.07. The normalized spacial score (nSPS) is 11.1. The van der Waals surface area contributed by atoms with Crippen LogP contribution in [-0.2, 0) is 0 Å². The first-order valence-electron chi connectivity index (χ1n) is 6.59. The van der Waals surface area contributed by atoms with E-state index in [0.29, 0.717) is 0 Å². The van der Waals surface area contributed by atoms with E-state index in [-0.39, 0.29) is 5.28 Å². The fraction of sp³-hybridized carbons (Fsp3) is 0. The fourth-order valence-electron chi connectivity index (χ4n) is 2.56. The van der Waals surface area contributed by atoms with Gasteiger partial charge in [-0.05, 0) is 40.6 Å². The summed E-state index contributed by atoms with van der Waals surface area (Å²) in [7, 11) is 0. The molecule has 0 aliphatic carbocycles. The predicted octanol–water partition coefficient (Wildman–Crippen LogP) is 4.50. The molecule has 0 saturated heterocycles. The highest BCUT2D eigenvalue weighted by Crippen LogP contribution is 2.32. The number of hydrogen-bond acceptors (Lipinski definition) is 3. The van der Waals surface area contributed by atoms with Crippen molar-refractivity contribution in [1.82, 2.24) is 15.0 Å². The van der Waals surface area contributed by atoms with Gasteiger partial charge in [-0.25, -0.2) is 9.97 Å². The Morgan fingerprint density at radius 3 is 2.52 bits per heavy atom. The first-order valence-corrected chi connectivity index (χ1v) is 6.97. The molecule has 2 aromatic heterocycles. The van der Waals surface area contributed by atoms with Crippen molar-refractivity contribution >= 4 is 33.3 Å². The number of fused-ring (bicyclic) bond motifs is 3. The van der Waals surface area contributed by atoms with Crippen molar-refractivity contribution in [2.45, 2.75) is 0 Å². The minimum absolute atomic E-state index is 0.235. The second kappa shape index (κ2) is 4.79. The quantitative estimate of drug-likeness (QED) is 0.383. The Hall–Kier alpha value is -2.52. The summed E-state index contributed by atoms with van der Waals surface area (Å²) >= 11 is 6.07. The van der Waals surface area contributed by atoms with E-state index >= 15 is 0 Å². The molecule has 0 radical (unpaired) electrons. The van der Waals surface area contributed by atoms with Crippen LogP contribution < -0.4 is 0 Å². The molecule has 2 heterocycles. The zero-order valence-corrected chi connectivity index (χ0v) is 11.7. The van der Waals surface area contributed by atoms with Crippen molar-refractivity contribution in [3.05, 3.63) is 66.1 Å². The molecule has 0 N–H and O–H groups in total. The van der Waals surface area contributed by atoms with E-state index in [1.165, 1.54) is 0 Å². The molecule has 3 nitrogen and oxygen atoms in total. The summed E-state index contributed by atoms with van der Waals surface area (Å²) in [5.74, 6) is 0. The molecule has 4 rings (SSSR count). The minimum Gasteiger partial charge on any atom is -0.255 e. The number of hydrogen-bond donors (Lipinski definition) is 0. The number of rotatable bonds is 1. The summed E-state index contributed by atoms with van der Waals surface area (Å²) < 4.78 is 0. The van der Waals surface area contributed by atoms with Gasteiger partial charge in [0.25, 0.3) is 0 Å². The summed E-state index contributed by atoms with van der Waals surface area (Å²) in [6, 6.07) is 17.9. The van der Waals surface area contributed by atoms with Gasteiger partial charge in [-0.2, -0.15) is 0 Å². The summed E-state index contributed by atoms with van der Waals surface area (Å²) in [5.41, 5.74) is 2.39. The molecule has 0 fully saturated rings. The van der Waals surface area contributed by atoms with Crippen LogP contribution in [0.2, 0.25) is 5.28 Å². The molecule has 4 aromatic rings. The van der Waals surface area contributed by atoms with Crippen LogP contribution in [0, 0.1) is 0 Å². The smallest absolute Gasteiger partial charge is 0.223 e. The Morgan fingerprint density at radius 1 is 0.810 bits per heavy atom. The zero-order valence-electron chi connectivity index (χ0n) is 11.0. The number of nitrogens with zero attached hydrogens (tertiary/aromatic N) is 3. The second-order valence-corrected chi connectivity index (χ2v) is 5.08. The topological polar surface area (TPSA) is 38.7 Å². The lowest BCUT2D eigenvalue weighted by molar-refractivity contribution is 1.20. The van der Waals surface area contributed by atoms with Crippen LogP contribution in [-0.4, -0.2) is 15.0 Å². The third kappa shape index (κ3) is 2.03. The number of halogens is 1. The molecule has 4 heteroatoms. The molecular weight excluding hydrogens is 282 g/mol. The lowest BCUT2D eigenvalue weighted by atomic mass is 10.0. The zero-order chi connectivity index (χ0) is 14.2. The largest absolute Gasteiger partial charge is 0.255 e. The molecule has 0 bridgehead atoms. The van der Waals surface area contributed by atoms with E-state index in [2.05, 4.69) is 27.1 Å². The van der Waals surface area contributed by atoms with Crippen LogP contribution in [0.4, 0.5) is 0 Å². The van der Waals surface area contributed by atoms with Crippen LogP contribution in [0.25, 0.3) is 33.1 Å².